The van der Waals surface area contributed by atoms with Crippen LogP contribution in [0.25, 0.3) is 6.08 Å². The van der Waals surface area contributed by atoms with E-state index in [1.54, 1.807) is 19.2 Å². The van der Waals surface area contributed by atoms with E-state index in [0.717, 1.165) is 11.1 Å². The lowest BCUT2D eigenvalue weighted by molar-refractivity contribution is -0.121. The van der Waals surface area contributed by atoms with Crippen LogP contribution in [0.5, 0.6) is 0 Å². The molecule has 1 fully saturated rings. The van der Waals surface area contributed by atoms with E-state index >= 15 is 0 Å². The van der Waals surface area contributed by atoms with Crippen molar-refractivity contribution in [3.8, 4) is 0 Å². The average Bonchev–Trinajstić information content (AvgIpc) is 2.85. The Kier molecular flexibility index (Phi) is 4.72. The fourth-order valence-corrected chi connectivity index (χ4v) is 3.31. The van der Waals surface area contributed by atoms with Crippen molar-refractivity contribution in [2.75, 3.05) is 7.05 Å². The van der Waals surface area contributed by atoms with Gasteiger partial charge in [-0.05, 0) is 60.2 Å². The van der Waals surface area contributed by atoms with Gasteiger partial charge >= 0.3 is 5.97 Å². The number of thioether (sulfide) groups is 1. The fraction of sp³-hybridized carbons (Fsp3) is 0.105. The third-order valence-corrected chi connectivity index (χ3v) is 4.88. The minimum atomic E-state index is -0.981. The monoisotopic (exact) mass is 352 g/mol. The summed E-state index contributed by atoms with van der Waals surface area (Å²) >= 11 is 1.31. The molecule has 0 aliphatic carbocycles. The number of carboxylic acids is 1. The molecule has 0 radical (unpaired) electrons. The number of aromatic carboxylic acids is 1. The maximum absolute atomic E-state index is 12.4. The number of carboxylic acid groups (broad SMARTS) is 1. The molecule has 0 atom stereocenters. The molecule has 0 bridgehead atoms. The van der Waals surface area contributed by atoms with E-state index in [1.165, 1.54) is 28.8 Å². The van der Waals surface area contributed by atoms with Crippen LogP contribution in [-0.4, -0.2) is 34.1 Å². The van der Waals surface area contributed by atoms with Gasteiger partial charge in [-0.15, -0.1) is 0 Å². The Balaban J connectivity index is 1.88. The zero-order valence-corrected chi connectivity index (χ0v) is 14.6. The molecule has 25 heavy (non-hydrogen) atoms. The zero-order valence-electron chi connectivity index (χ0n) is 13.8. The van der Waals surface area contributed by atoms with Crippen LogP contribution >= 0.6 is 11.8 Å². The van der Waals surface area contributed by atoms with Crippen molar-refractivity contribution < 1.29 is 14.7 Å². The van der Waals surface area contributed by atoms with E-state index in [9.17, 15) is 9.59 Å². The maximum atomic E-state index is 12.4. The molecular weight excluding hydrogens is 336 g/mol. The number of hydrogen-bond donors (Lipinski definition) is 1. The molecule has 0 saturated carbocycles. The van der Waals surface area contributed by atoms with Gasteiger partial charge in [0.2, 0.25) is 0 Å². The number of hydrogen-bond acceptors (Lipinski definition) is 4. The van der Waals surface area contributed by atoms with Gasteiger partial charge in [-0.1, -0.05) is 24.3 Å². The summed E-state index contributed by atoms with van der Waals surface area (Å²) in [4.78, 5) is 29.9. The van der Waals surface area contributed by atoms with Crippen molar-refractivity contribution >= 4 is 40.6 Å². The highest BCUT2D eigenvalue weighted by molar-refractivity contribution is 8.18. The third-order valence-electron chi connectivity index (χ3n) is 3.82. The molecule has 3 rings (SSSR count). The number of amides is 1. The Bertz CT molecular complexity index is 901. The van der Waals surface area contributed by atoms with E-state index in [-0.39, 0.29) is 11.5 Å². The number of aryl methyl sites for hydroxylation is 1. The van der Waals surface area contributed by atoms with Crippen molar-refractivity contribution in [2.45, 2.75) is 6.92 Å². The summed E-state index contributed by atoms with van der Waals surface area (Å²) in [5.41, 5.74) is 2.90. The first kappa shape index (κ1) is 17.0. The van der Waals surface area contributed by atoms with Crippen LogP contribution in [0.2, 0.25) is 0 Å². The van der Waals surface area contributed by atoms with Gasteiger partial charge in [-0.2, -0.15) is 0 Å². The molecule has 0 unspecified atom stereocenters. The summed E-state index contributed by atoms with van der Waals surface area (Å²) < 4.78 is 0. The minimum Gasteiger partial charge on any atom is -0.478 e. The summed E-state index contributed by atoms with van der Waals surface area (Å²) in [5.74, 6) is -1.08. The normalized spacial score (nSPS) is 17.5. The quantitative estimate of drug-likeness (QED) is 0.850. The van der Waals surface area contributed by atoms with Gasteiger partial charge < -0.3 is 5.11 Å². The number of aliphatic imine (C=N–C) groups is 1. The lowest BCUT2D eigenvalue weighted by atomic mass is 10.1. The number of amidine groups is 1. The van der Waals surface area contributed by atoms with E-state index in [4.69, 9.17) is 5.11 Å². The lowest BCUT2D eigenvalue weighted by Gasteiger charge is -2.07. The standard InChI is InChI=1S/C19H16N2O3S/c1-12-5-3-4-6-14(12)11-16-17(22)21(2)19(25-16)20-15-9-7-13(8-10-15)18(23)24/h3-11H,1-2H3,(H,23,24)/b16-11-,20-19?. The molecule has 1 aliphatic heterocycles. The molecule has 5 nitrogen and oxygen atoms in total. The summed E-state index contributed by atoms with van der Waals surface area (Å²) in [6.45, 7) is 2.00. The van der Waals surface area contributed by atoms with Crippen molar-refractivity contribution in [1.29, 1.82) is 0 Å². The number of likely N-dealkylation sites (N-methyl/N-ethyl adjacent to an activating group) is 1. The number of nitrogens with zero attached hydrogens (tertiary/aromatic N) is 2. The van der Waals surface area contributed by atoms with Gasteiger partial charge in [-0.25, -0.2) is 9.79 Å². The largest absolute Gasteiger partial charge is 0.478 e. The fourth-order valence-electron chi connectivity index (χ4n) is 2.33. The van der Waals surface area contributed by atoms with Crippen LogP contribution < -0.4 is 0 Å². The predicted octanol–water partition coefficient (Wildman–Crippen LogP) is 3.93. The Morgan fingerprint density at radius 2 is 1.84 bits per heavy atom. The highest BCUT2D eigenvalue weighted by Gasteiger charge is 2.30. The molecule has 126 valence electrons. The van der Waals surface area contributed by atoms with Gasteiger partial charge in [-0.3, -0.25) is 9.69 Å². The molecule has 1 aliphatic rings. The average molecular weight is 352 g/mol. The first-order valence-electron chi connectivity index (χ1n) is 7.61. The summed E-state index contributed by atoms with van der Waals surface area (Å²) in [6.07, 6.45) is 1.87. The molecule has 1 heterocycles. The minimum absolute atomic E-state index is 0.103. The molecular formula is C19H16N2O3S. The summed E-state index contributed by atoms with van der Waals surface area (Å²) in [6, 6.07) is 14.1. The second kappa shape index (κ2) is 6.94. The predicted molar refractivity (Wildman–Crippen MR) is 100 cm³/mol. The van der Waals surface area contributed by atoms with Gasteiger partial charge in [0.25, 0.3) is 5.91 Å². The van der Waals surface area contributed by atoms with Crippen molar-refractivity contribution in [3.63, 3.8) is 0 Å². The highest BCUT2D eigenvalue weighted by Crippen LogP contribution is 2.33. The Morgan fingerprint density at radius 1 is 1.16 bits per heavy atom. The van der Waals surface area contributed by atoms with Crippen LogP contribution in [0.1, 0.15) is 21.5 Å². The van der Waals surface area contributed by atoms with E-state index in [1.807, 2.05) is 37.3 Å². The highest BCUT2D eigenvalue weighted by atomic mass is 32.2. The first-order valence-corrected chi connectivity index (χ1v) is 8.42. The second-order valence-corrected chi connectivity index (χ2v) is 6.59. The van der Waals surface area contributed by atoms with Crippen LogP contribution in [0, 0.1) is 6.92 Å². The van der Waals surface area contributed by atoms with E-state index in [0.29, 0.717) is 15.8 Å². The van der Waals surface area contributed by atoms with Gasteiger partial charge in [0.15, 0.2) is 5.17 Å². The lowest BCUT2D eigenvalue weighted by Crippen LogP contribution is -2.23. The topological polar surface area (TPSA) is 70.0 Å². The van der Waals surface area contributed by atoms with Crippen LogP contribution in [0.15, 0.2) is 58.4 Å². The molecule has 0 aromatic heterocycles. The van der Waals surface area contributed by atoms with Gasteiger partial charge in [0, 0.05) is 7.05 Å². The van der Waals surface area contributed by atoms with Crippen molar-refractivity contribution in [1.82, 2.24) is 4.90 Å². The molecule has 1 N–H and O–H groups in total. The molecule has 1 amide bonds. The molecule has 1 saturated heterocycles. The Morgan fingerprint density at radius 3 is 2.48 bits per heavy atom. The Labute approximate surface area is 149 Å². The van der Waals surface area contributed by atoms with Crippen LogP contribution in [0.3, 0.4) is 0 Å². The van der Waals surface area contributed by atoms with Crippen molar-refractivity contribution in [2.24, 2.45) is 4.99 Å². The van der Waals surface area contributed by atoms with Crippen molar-refractivity contribution in [3.05, 3.63) is 70.1 Å². The summed E-state index contributed by atoms with van der Waals surface area (Å²) in [5, 5.41) is 9.50. The molecule has 2 aromatic rings. The van der Waals surface area contributed by atoms with E-state index < -0.39 is 5.97 Å². The van der Waals surface area contributed by atoms with Crippen LogP contribution in [-0.2, 0) is 4.79 Å². The zero-order chi connectivity index (χ0) is 18.0. The smallest absolute Gasteiger partial charge is 0.335 e. The Hall–Kier alpha value is -2.86. The second-order valence-electron chi connectivity index (χ2n) is 5.58. The SMILES string of the molecule is Cc1ccccc1/C=C1\SC(=Nc2ccc(C(=O)O)cc2)N(C)C1=O. The summed E-state index contributed by atoms with van der Waals surface area (Å²) in [7, 11) is 1.68. The first-order chi connectivity index (χ1) is 12.0. The maximum Gasteiger partial charge on any atom is 0.335 e. The molecule has 6 heteroatoms. The molecule has 2 aromatic carbocycles. The van der Waals surface area contributed by atoms with Gasteiger partial charge in [0.1, 0.15) is 0 Å². The molecule has 0 spiro atoms. The van der Waals surface area contributed by atoms with E-state index in [2.05, 4.69) is 4.99 Å². The number of benzene rings is 2. The number of rotatable bonds is 3. The van der Waals surface area contributed by atoms with Crippen LogP contribution in [0.4, 0.5) is 5.69 Å². The number of carbonyl (C=O) groups excluding carboxylic acids is 1. The number of carbonyl (C=O) groups is 2. The third kappa shape index (κ3) is 3.64. The van der Waals surface area contributed by atoms with Gasteiger partial charge in [0.05, 0.1) is 16.2 Å².